The van der Waals surface area contributed by atoms with Crippen LogP contribution in [0.25, 0.3) is 0 Å². The van der Waals surface area contributed by atoms with E-state index in [4.69, 9.17) is 15.9 Å². The average molecular weight is 259 g/mol. The highest BCUT2D eigenvalue weighted by Crippen LogP contribution is 2.08. The van der Waals surface area contributed by atoms with Crippen LogP contribution in [0.5, 0.6) is 0 Å². The van der Waals surface area contributed by atoms with E-state index in [0.717, 1.165) is 0 Å². The summed E-state index contributed by atoms with van der Waals surface area (Å²) in [5.74, 6) is -1.71. The molecule has 0 aromatic carbocycles. The lowest BCUT2D eigenvalue weighted by atomic mass is 10.2. The molecule has 0 fully saturated rings. The van der Waals surface area contributed by atoms with Gasteiger partial charge in [-0.25, -0.2) is 9.78 Å². The van der Waals surface area contributed by atoms with E-state index < -0.39 is 18.0 Å². The largest absolute Gasteiger partial charge is 0.479 e. The summed E-state index contributed by atoms with van der Waals surface area (Å²) in [7, 11) is 0. The predicted molar refractivity (Wildman–Crippen MR) is 60.6 cm³/mol. The van der Waals surface area contributed by atoms with E-state index in [2.05, 4.69) is 10.3 Å². The van der Waals surface area contributed by atoms with Crippen LogP contribution in [-0.2, 0) is 11.3 Å². The quantitative estimate of drug-likeness (QED) is 0.528. The maximum absolute atomic E-state index is 11.5. The van der Waals surface area contributed by atoms with E-state index in [-0.39, 0.29) is 25.2 Å². The number of amides is 1. The van der Waals surface area contributed by atoms with Crippen molar-refractivity contribution in [3.8, 4) is 0 Å². The van der Waals surface area contributed by atoms with Crippen LogP contribution < -0.4 is 11.1 Å². The summed E-state index contributed by atoms with van der Waals surface area (Å²) in [6.07, 6.45) is -1.51. The topological polar surface area (TPSA) is 126 Å². The van der Waals surface area contributed by atoms with Gasteiger partial charge in [0.1, 0.15) is 10.7 Å². The fourth-order valence-corrected chi connectivity index (χ4v) is 1.70. The first-order chi connectivity index (χ1) is 8.04. The van der Waals surface area contributed by atoms with Gasteiger partial charge in [0.25, 0.3) is 5.91 Å². The number of nitrogens with two attached hydrogens (primary N) is 1. The molecule has 0 aliphatic rings. The van der Waals surface area contributed by atoms with Crippen molar-refractivity contribution >= 4 is 23.2 Å². The second kappa shape index (κ2) is 6.28. The molecule has 1 heterocycles. The lowest BCUT2D eigenvalue weighted by Gasteiger charge is -2.05. The number of nitrogens with one attached hydrogen (secondary N) is 1. The molecule has 1 aromatic heterocycles. The number of aromatic nitrogens is 1. The van der Waals surface area contributed by atoms with Gasteiger partial charge in [-0.3, -0.25) is 4.79 Å². The summed E-state index contributed by atoms with van der Waals surface area (Å²) in [4.78, 5) is 25.8. The highest BCUT2D eigenvalue weighted by molar-refractivity contribution is 7.09. The molecule has 17 heavy (non-hydrogen) atoms. The lowest BCUT2D eigenvalue weighted by Crippen LogP contribution is -2.30. The second-order valence-electron chi connectivity index (χ2n) is 3.23. The van der Waals surface area contributed by atoms with Gasteiger partial charge in [-0.2, -0.15) is 0 Å². The Morgan fingerprint density at radius 1 is 1.59 bits per heavy atom. The van der Waals surface area contributed by atoms with Gasteiger partial charge in [0.05, 0.1) is 0 Å². The number of nitrogens with zero attached hydrogens (tertiary/aromatic N) is 1. The number of rotatable bonds is 6. The third-order valence-corrected chi connectivity index (χ3v) is 2.82. The summed E-state index contributed by atoms with van der Waals surface area (Å²) < 4.78 is 0. The van der Waals surface area contributed by atoms with Gasteiger partial charge in [0.2, 0.25) is 0 Å². The molecule has 0 saturated carbocycles. The van der Waals surface area contributed by atoms with Gasteiger partial charge in [-0.15, -0.1) is 11.3 Å². The molecular weight excluding hydrogens is 246 g/mol. The van der Waals surface area contributed by atoms with Crippen molar-refractivity contribution in [2.24, 2.45) is 5.73 Å². The minimum Gasteiger partial charge on any atom is -0.479 e. The Hall–Kier alpha value is -1.51. The first-order valence-electron chi connectivity index (χ1n) is 4.88. The zero-order valence-corrected chi connectivity index (χ0v) is 9.74. The molecule has 1 amide bonds. The van der Waals surface area contributed by atoms with Gasteiger partial charge in [-0.05, 0) is 0 Å². The summed E-state index contributed by atoms with van der Waals surface area (Å²) >= 11 is 1.28. The molecule has 5 N–H and O–H groups in total. The normalized spacial score (nSPS) is 12.1. The Morgan fingerprint density at radius 2 is 2.29 bits per heavy atom. The van der Waals surface area contributed by atoms with Crippen molar-refractivity contribution in [1.29, 1.82) is 0 Å². The minimum atomic E-state index is -1.47. The average Bonchev–Trinajstić information content (AvgIpc) is 2.77. The molecule has 94 valence electrons. The van der Waals surface area contributed by atoms with Gasteiger partial charge < -0.3 is 21.3 Å². The van der Waals surface area contributed by atoms with Crippen LogP contribution in [0.4, 0.5) is 0 Å². The van der Waals surface area contributed by atoms with E-state index in [0.29, 0.717) is 5.01 Å². The molecular formula is C9H13N3O4S. The monoisotopic (exact) mass is 259 g/mol. The number of hydrogen-bond acceptors (Lipinski definition) is 6. The van der Waals surface area contributed by atoms with Crippen molar-refractivity contribution in [3.05, 3.63) is 16.1 Å². The molecule has 1 aromatic rings. The zero-order valence-electron chi connectivity index (χ0n) is 8.92. The molecule has 0 spiro atoms. The minimum absolute atomic E-state index is 0.0467. The van der Waals surface area contributed by atoms with Gasteiger partial charge in [-0.1, -0.05) is 0 Å². The smallest absolute Gasteiger partial charge is 0.332 e. The molecule has 0 saturated heterocycles. The predicted octanol–water partition coefficient (Wildman–Crippen LogP) is -0.833. The molecule has 7 nitrogen and oxygen atoms in total. The number of carbonyl (C=O) groups is 2. The molecule has 0 bridgehead atoms. The standard InChI is InChI=1S/C9H13N3O4S/c10-3-7-12-5(4-17-7)8(14)11-2-1-6(13)9(15)16/h4,6,13H,1-3,10H2,(H,11,14)(H,15,16)/t6-/m0/s1. The molecule has 1 atom stereocenters. The number of carbonyl (C=O) groups excluding carboxylic acids is 1. The third-order valence-electron chi connectivity index (χ3n) is 1.95. The number of hydrogen-bond donors (Lipinski definition) is 4. The van der Waals surface area contributed by atoms with Crippen LogP contribution >= 0.6 is 11.3 Å². The third kappa shape index (κ3) is 4.10. The highest BCUT2D eigenvalue weighted by Gasteiger charge is 2.14. The van der Waals surface area contributed by atoms with Crippen LogP contribution in [-0.4, -0.2) is 39.7 Å². The zero-order chi connectivity index (χ0) is 12.8. The SMILES string of the molecule is NCc1nc(C(=O)NCC[C@H](O)C(=O)O)cs1. The lowest BCUT2D eigenvalue weighted by molar-refractivity contribution is -0.146. The van der Waals surface area contributed by atoms with E-state index in [9.17, 15) is 9.59 Å². The first-order valence-corrected chi connectivity index (χ1v) is 5.76. The molecule has 0 aliphatic carbocycles. The number of aliphatic hydroxyl groups is 1. The van der Waals surface area contributed by atoms with Gasteiger partial charge >= 0.3 is 5.97 Å². The number of aliphatic hydroxyl groups excluding tert-OH is 1. The van der Waals surface area contributed by atoms with Crippen LogP contribution in [0.1, 0.15) is 21.9 Å². The molecule has 8 heteroatoms. The van der Waals surface area contributed by atoms with Crippen molar-refractivity contribution in [2.75, 3.05) is 6.54 Å². The van der Waals surface area contributed by atoms with Crippen LogP contribution in [0, 0.1) is 0 Å². The summed E-state index contributed by atoms with van der Waals surface area (Å²) in [6.45, 7) is 0.345. The summed E-state index contributed by atoms with van der Waals surface area (Å²) in [5.41, 5.74) is 5.60. The molecule has 1 rings (SSSR count). The fraction of sp³-hybridized carbons (Fsp3) is 0.444. The van der Waals surface area contributed by atoms with E-state index >= 15 is 0 Å². The number of aliphatic carboxylic acids is 1. The fourth-order valence-electron chi connectivity index (χ4n) is 1.05. The summed E-state index contributed by atoms with van der Waals surface area (Å²) in [6, 6.07) is 0. The highest BCUT2D eigenvalue weighted by atomic mass is 32.1. The Labute approximate surface area is 101 Å². The number of carboxylic acids is 1. The van der Waals surface area contributed by atoms with Crippen molar-refractivity contribution in [3.63, 3.8) is 0 Å². The van der Waals surface area contributed by atoms with Gasteiger partial charge in [0, 0.05) is 24.9 Å². The maximum atomic E-state index is 11.5. The second-order valence-corrected chi connectivity index (χ2v) is 4.17. The first kappa shape index (κ1) is 13.6. The number of carboxylic acid groups (broad SMARTS) is 1. The van der Waals surface area contributed by atoms with Crippen molar-refractivity contribution in [2.45, 2.75) is 19.1 Å². The van der Waals surface area contributed by atoms with Crippen LogP contribution in [0.3, 0.4) is 0 Å². The van der Waals surface area contributed by atoms with E-state index in [1.165, 1.54) is 11.3 Å². The van der Waals surface area contributed by atoms with Crippen molar-refractivity contribution < 1.29 is 19.8 Å². The van der Waals surface area contributed by atoms with Gasteiger partial charge in [0.15, 0.2) is 6.10 Å². The Bertz CT molecular complexity index is 407. The van der Waals surface area contributed by atoms with Crippen LogP contribution in [0.2, 0.25) is 0 Å². The van der Waals surface area contributed by atoms with E-state index in [1.54, 1.807) is 5.38 Å². The number of thiazole rings is 1. The van der Waals surface area contributed by atoms with Crippen molar-refractivity contribution in [1.82, 2.24) is 10.3 Å². The summed E-state index contributed by atoms with van der Waals surface area (Å²) in [5, 5.41) is 22.1. The molecule has 0 radical (unpaired) electrons. The van der Waals surface area contributed by atoms with E-state index in [1.807, 2.05) is 0 Å². The Morgan fingerprint density at radius 3 is 2.82 bits per heavy atom. The van der Waals surface area contributed by atoms with Crippen LogP contribution in [0.15, 0.2) is 5.38 Å². The molecule has 0 aliphatic heterocycles. The molecule has 0 unspecified atom stereocenters. The Kier molecular flexibility index (Phi) is 5.01. The Balaban J connectivity index is 2.37. The maximum Gasteiger partial charge on any atom is 0.332 e.